The van der Waals surface area contributed by atoms with Crippen LogP contribution in [0.4, 0.5) is 0 Å². The Labute approximate surface area is 138 Å². The summed E-state index contributed by atoms with van der Waals surface area (Å²) in [6.45, 7) is 5.87. The van der Waals surface area contributed by atoms with Crippen LogP contribution in [0, 0.1) is 5.92 Å². The number of benzene rings is 2. The van der Waals surface area contributed by atoms with E-state index in [2.05, 4.69) is 5.32 Å². The van der Waals surface area contributed by atoms with Gasteiger partial charge in [0.1, 0.15) is 0 Å². The first-order valence-corrected chi connectivity index (χ1v) is 8.02. The topological polar surface area (TPSA) is 49.3 Å². The summed E-state index contributed by atoms with van der Waals surface area (Å²) >= 11 is 0. The zero-order valence-electron chi connectivity index (χ0n) is 14.0. The standard InChI is InChI=1S/C20H25NO2/c1-15(2)20(3,23)14-21-19(22)18(16-10-6-4-7-11-16)17-12-8-5-9-13-17/h4-13,15,18,23H,14H2,1-3H3,(H,21,22). The second-order valence-corrected chi connectivity index (χ2v) is 6.48. The molecular weight excluding hydrogens is 286 g/mol. The Morgan fingerprint density at radius 3 is 1.83 bits per heavy atom. The first kappa shape index (κ1) is 17.2. The normalized spacial score (nSPS) is 13.8. The largest absolute Gasteiger partial charge is 0.388 e. The molecule has 0 saturated carbocycles. The molecular formula is C20H25NO2. The minimum Gasteiger partial charge on any atom is -0.388 e. The number of hydrogen-bond acceptors (Lipinski definition) is 2. The predicted octanol–water partition coefficient (Wildman–Crippen LogP) is 3.34. The van der Waals surface area contributed by atoms with Crippen molar-refractivity contribution in [1.29, 1.82) is 0 Å². The van der Waals surface area contributed by atoms with Crippen LogP contribution < -0.4 is 5.32 Å². The van der Waals surface area contributed by atoms with Gasteiger partial charge in [-0.1, -0.05) is 74.5 Å². The van der Waals surface area contributed by atoms with E-state index in [-0.39, 0.29) is 24.3 Å². The fraction of sp³-hybridized carbons (Fsp3) is 0.350. The molecule has 1 atom stereocenters. The lowest BCUT2D eigenvalue weighted by atomic mass is 9.89. The van der Waals surface area contributed by atoms with Crippen LogP contribution in [0.3, 0.4) is 0 Å². The van der Waals surface area contributed by atoms with Crippen LogP contribution in [0.5, 0.6) is 0 Å². The summed E-state index contributed by atoms with van der Waals surface area (Å²) < 4.78 is 0. The molecule has 2 aromatic carbocycles. The molecule has 2 N–H and O–H groups in total. The zero-order valence-corrected chi connectivity index (χ0v) is 14.0. The highest BCUT2D eigenvalue weighted by Crippen LogP contribution is 2.25. The van der Waals surface area contributed by atoms with E-state index < -0.39 is 5.60 Å². The predicted molar refractivity (Wildman–Crippen MR) is 93.2 cm³/mol. The average molecular weight is 311 g/mol. The molecule has 3 nitrogen and oxygen atoms in total. The summed E-state index contributed by atoms with van der Waals surface area (Å²) in [6.07, 6.45) is 0. The molecule has 0 aliphatic heterocycles. The van der Waals surface area contributed by atoms with Gasteiger partial charge in [0.2, 0.25) is 5.91 Å². The zero-order chi connectivity index (χ0) is 16.9. The van der Waals surface area contributed by atoms with E-state index in [0.29, 0.717) is 0 Å². The number of hydrogen-bond donors (Lipinski definition) is 2. The molecule has 1 unspecified atom stereocenters. The van der Waals surface area contributed by atoms with Crippen LogP contribution in [0.15, 0.2) is 60.7 Å². The van der Waals surface area contributed by atoms with E-state index in [9.17, 15) is 9.90 Å². The fourth-order valence-corrected chi connectivity index (χ4v) is 2.36. The second kappa shape index (κ2) is 7.42. The number of carbonyl (C=O) groups is 1. The SMILES string of the molecule is CC(C)C(C)(O)CNC(=O)C(c1ccccc1)c1ccccc1. The third-order valence-corrected chi connectivity index (χ3v) is 4.39. The van der Waals surface area contributed by atoms with Crippen LogP contribution in [0.25, 0.3) is 0 Å². The van der Waals surface area contributed by atoms with E-state index in [1.54, 1.807) is 6.92 Å². The van der Waals surface area contributed by atoms with Crippen molar-refractivity contribution in [2.24, 2.45) is 5.92 Å². The van der Waals surface area contributed by atoms with Crippen molar-refractivity contribution in [3.8, 4) is 0 Å². The highest BCUT2D eigenvalue weighted by Gasteiger charge is 2.28. The first-order chi connectivity index (χ1) is 10.9. The van der Waals surface area contributed by atoms with E-state index in [0.717, 1.165) is 11.1 Å². The Bertz CT molecular complexity index is 581. The molecule has 0 bridgehead atoms. The number of carbonyl (C=O) groups excluding carboxylic acids is 1. The van der Waals surface area contributed by atoms with Gasteiger partial charge in [0.15, 0.2) is 0 Å². The highest BCUT2D eigenvalue weighted by molar-refractivity contribution is 5.87. The van der Waals surface area contributed by atoms with Gasteiger partial charge in [-0.25, -0.2) is 0 Å². The average Bonchev–Trinajstić information content (AvgIpc) is 2.55. The maximum Gasteiger partial charge on any atom is 0.232 e. The smallest absolute Gasteiger partial charge is 0.232 e. The van der Waals surface area contributed by atoms with E-state index in [1.807, 2.05) is 74.5 Å². The number of nitrogens with one attached hydrogen (secondary N) is 1. The Hall–Kier alpha value is -2.13. The maximum atomic E-state index is 12.8. The molecule has 0 spiro atoms. The van der Waals surface area contributed by atoms with Gasteiger partial charge in [-0.2, -0.15) is 0 Å². The van der Waals surface area contributed by atoms with Crippen LogP contribution in [-0.4, -0.2) is 23.2 Å². The second-order valence-electron chi connectivity index (χ2n) is 6.48. The minimum atomic E-state index is -0.923. The molecule has 1 amide bonds. The summed E-state index contributed by atoms with van der Waals surface area (Å²) in [7, 11) is 0. The van der Waals surface area contributed by atoms with Crippen molar-refractivity contribution in [1.82, 2.24) is 5.32 Å². The van der Waals surface area contributed by atoms with Crippen molar-refractivity contribution >= 4 is 5.91 Å². The third kappa shape index (κ3) is 4.42. The van der Waals surface area contributed by atoms with E-state index in [1.165, 1.54) is 0 Å². The summed E-state index contributed by atoms with van der Waals surface area (Å²) in [4.78, 5) is 12.8. The van der Waals surface area contributed by atoms with E-state index in [4.69, 9.17) is 0 Å². The maximum absolute atomic E-state index is 12.8. The van der Waals surface area contributed by atoms with Crippen molar-refractivity contribution in [2.45, 2.75) is 32.3 Å². The summed E-state index contributed by atoms with van der Waals surface area (Å²) in [6, 6.07) is 19.4. The van der Waals surface area contributed by atoms with Gasteiger partial charge in [-0.15, -0.1) is 0 Å². The van der Waals surface area contributed by atoms with Crippen LogP contribution in [0.1, 0.15) is 37.8 Å². The van der Waals surface area contributed by atoms with Crippen molar-refractivity contribution in [2.75, 3.05) is 6.54 Å². The van der Waals surface area contributed by atoms with Gasteiger partial charge in [0, 0.05) is 6.54 Å². The molecule has 2 rings (SSSR count). The molecule has 0 aliphatic rings. The van der Waals surface area contributed by atoms with Crippen LogP contribution in [0.2, 0.25) is 0 Å². The number of amides is 1. The Morgan fingerprint density at radius 2 is 1.43 bits per heavy atom. The van der Waals surface area contributed by atoms with Gasteiger partial charge >= 0.3 is 0 Å². The Balaban J connectivity index is 2.23. The lowest BCUT2D eigenvalue weighted by Crippen LogP contribution is -2.45. The lowest BCUT2D eigenvalue weighted by Gasteiger charge is -2.29. The minimum absolute atomic E-state index is 0.0645. The van der Waals surface area contributed by atoms with Gasteiger partial charge in [0.25, 0.3) is 0 Å². The van der Waals surface area contributed by atoms with Gasteiger partial charge in [-0.3, -0.25) is 4.79 Å². The summed E-state index contributed by atoms with van der Waals surface area (Å²) in [5.74, 6) is -0.404. The van der Waals surface area contributed by atoms with Crippen molar-refractivity contribution < 1.29 is 9.90 Å². The molecule has 0 heterocycles. The molecule has 0 radical (unpaired) electrons. The molecule has 0 aromatic heterocycles. The van der Waals surface area contributed by atoms with E-state index >= 15 is 0 Å². The quantitative estimate of drug-likeness (QED) is 0.859. The third-order valence-electron chi connectivity index (χ3n) is 4.39. The first-order valence-electron chi connectivity index (χ1n) is 8.02. The molecule has 0 fully saturated rings. The van der Waals surface area contributed by atoms with Gasteiger partial charge in [0.05, 0.1) is 11.5 Å². The molecule has 23 heavy (non-hydrogen) atoms. The summed E-state index contributed by atoms with van der Waals surface area (Å²) in [5, 5.41) is 13.3. The lowest BCUT2D eigenvalue weighted by molar-refractivity contribution is -0.123. The monoisotopic (exact) mass is 311 g/mol. The highest BCUT2D eigenvalue weighted by atomic mass is 16.3. The Morgan fingerprint density at radius 1 is 1.00 bits per heavy atom. The molecule has 0 aliphatic carbocycles. The fourth-order valence-electron chi connectivity index (χ4n) is 2.36. The molecule has 0 saturated heterocycles. The van der Waals surface area contributed by atoms with Crippen LogP contribution >= 0.6 is 0 Å². The van der Waals surface area contributed by atoms with Crippen molar-refractivity contribution in [3.05, 3.63) is 71.8 Å². The Kier molecular flexibility index (Phi) is 5.56. The summed E-state index contributed by atoms with van der Waals surface area (Å²) in [5.41, 5.74) is 0.967. The number of rotatable bonds is 6. The van der Waals surface area contributed by atoms with Gasteiger partial charge < -0.3 is 10.4 Å². The van der Waals surface area contributed by atoms with Crippen LogP contribution in [-0.2, 0) is 4.79 Å². The molecule has 122 valence electrons. The number of aliphatic hydroxyl groups is 1. The molecule has 2 aromatic rings. The van der Waals surface area contributed by atoms with Crippen molar-refractivity contribution in [3.63, 3.8) is 0 Å². The molecule has 3 heteroatoms. The van der Waals surface area contributed by atoms with Gasteiger partial charge in [-0.05, 0) is 24.0 Å².